The van der Waals surface area contributed by atoms with Gasteiger partial charge in [0, 0.05) is 15.6 Å². The van der Waals surface area contributed by atoms with Crippen molar-refractivity contribution in [3.05, 3.63) is 69.5 Å². The Morgan fingerprint density at radius 3 is 2.28 bits per heavy atom. The first-order valence-corrected chi connectivity index (χ1v) is 8.82. The quantitative estimate of drug-likeness (QED) is 0.483. The second-order valence-corrected chi connectivity index (χ2v) is 7.20. The number of ketones is 1. The Hall–Kier alpha value is -2.36. The molecule has 2 aromatic carbocycles. The highest BCUT2D eigenvalue weighted by molar-refractivity contribution is 6.35. The van der Waals surface area contributed by atoms with Gasteiger partial charge in [0.2, 0.25) is 5.72 Å². The van der Waals surface area contributed by atoms with Crippen molar-refractivity contribution in [3.63, 3.8) is 0 Å². The number of hydrogen-bond donors (Lipinski definition) is 3. The lowest BCUT2D eigenvalue weighted by molar-refractivity contribution is -0.287. The van der Waals surface area contributed by atoms with Gasteiger partial charge >= 0.3 is 12.2 Å². The molecule has 1 aliphatic heterocycles. The van der Waals surface area contributed by atoms with Gasteiger partial charge in [-0.25, -0.2) is 9.18 Å². The van der Waals surface area contributed by atoms with E-state index < -0.39 is 41.5 Å². The lowest BCUT2D eigenvalue weighted by Crippen LogP contribution is -2.72. The molecule has 11 heteroatoms. The van der Waals surface area contributed by atoms with E-state index in [1.165, 1.54) is 23.5 Å². The van der Waals surface area contributed by atoms with Crippen LogP contribution in [0.1, 0.15) is 22.0 Å². The van der Waals surface area contributed by atoms with Crippen molar-refractivity contribution in [1.29, 1.82) is 0 Å². The van der Waals surface area contributed by atoms with E-state index in [9.17, 15) is 32.3 Å². The third kappa shape index (κ3) is 3.90. The van der Waals surface area contributed by atoms with Gasteiger partial charge in [-0.05, 0) is 42.0 Å². The van der Waals surface area contributed by atoms with Crippen molar-refractivity contribution in [2.45, 2.75) is 17.9 Å². The Balaban J connectivity index is 2.19. The highest BCUT2D eigenvalue weighted by atomic mass is 35.5. The van der Waals surface area contributed by atoms with Crippen LogP contribution in [-0.2, 0) is 0 Å². The van der Waals surface area contributed by atoms with Crippen LogP contribution in [0, 0.1) is 11.7 Å². The summed E-state index contributed by atoms with van der Waals surface area (Å²) in [5.74, 6) is -4.17. The molecule has 3 atom stereocenters. The second-order valence-electron chi connectivity index (χ2n) is 6.35. The summed E-state index contributed by atoms with van der Waals surface area (Å²) in [5, 5.41) is 14.1. The first-order valence-electron chi connectivity index (χ1n) is 8.06. The SMILES string of the molecule is O=C1NC(c2ccc(Cl)cc2Cl)C(C(=O)c2ccc(F)cc2)C(O)(C(F)(F)F)N1. The lowest BCUT2D eigenvalue weighted by Gasteiger charge is -2.45. The number of nitrogens with one attached hydrogen (secondary N) is 2. The van der Waals surface area contributed by atoms with Gasteiger partial charge in [0.25, 0.3) is 0 Å². The van der Waals surface area contributed by atoms with Gasteiger partial charge in [-0.1, -0.05) is 29.3 Å². The highest BCUT2D eigenvalue weighted by Gasteiger charge is 2.66. The summed E-state index contributed by atoms with van der Waals surface area (Å²) in [7, 11) is 0. The number of urea groups is 1. The number of hydrogen-bond acceptors (Lipinski definition) is 3. The summed E-state index contributed by atoms with van der Waals surface area (Å²) < 4.78 is 54.5. The number of Topliss-reactive ketones (excluding diaryl/α,β-unsaturated/α-hetero) is 1. The van der Waals surface area contributed by atoms with Gasteiger partial charge < -0.3 is 15.7 Å². The van der Waals surface area contributed by atoms with Crippen LogP contribution < -0.4 is 10.6 Å². The van der Waals surface area contributed by atoms with E-state index in [0.29, 0.717) is 0 Å². The molecule has 29 heavy (non-hydrogen) atoms. The molecule has 0 aromatic heterocycles. The summed E-state index contributed by atoms with van der Waals surface area (Å²) in [4.78, 5) is 24.9. The fraction of sp³-hybridized carbons (Fsp3) is 0.222. The number of halogens is 6. The highest BCUT2D eigenvalue weighted by Crippen LogP contribution is 2.45. The van der Waals surface area contributed by atoms with Crippen LogP contribution in [0.3, 0.4) is 0 Å². The van der Waals surface area contributed by atoms with Crippen molar-refractivity contribution in [2.24, 2.45) is 5.92 Å². The number of aliphatic hydroxyl groups is 1. The Morgan fingerprint density at radius 2 is 1.72 bits per heavy atom. The number of carbonyl (C=O) groups is 2. The topological polar surface area (TPSA) is 78.4 Å². The van der Waals surface area contributed by atoms with E-state index in [-0.39, 0.29) is 21.2 Å². The molecule has 3 N–H and O–H groups in total. The minimum atomic E-state index is -5.41. The van der Waals surface area contributed by atoms with Crippen molar-refractivity contribution in [1.82, 2.24) is 10.6 Å². The molecule has 154 valence electrons. The predicted molar refractivity (Wildman–Crippen MR) is 96.1 cm³/mol. The molecule has 2 aromatic rings. The summed E-state index contributed by atoms with van der Waals surface area (Å²) in [6.07, 6.45) is -5.41. The average Bonchev–Trinajstić information content (AvgIpc) is 2.60. The fourth-order valence-corrected chi connectivity index (χ4v) is 3.67. The zero-order valence-electron chi connectivity index (χ0n) is 14.2. The number of amides is 2. The molecule has 0 radical (unpaired) electrons. The molecule has 1 saturated heterocycles. The minimum Gasteiger partial charge on any atom is -0.363 e. The van der Waals surface area contributed by atoms with Crippen molar-refractivity contribution in [3.8, 4) is 0 Å². The van der Waals surface area contributed by atoms with Crippen LogP contribution >= 0.6 is 23.2 Å². The zero-order chi connectivity index (χ0) is 21.6. The Kier molecular flexibility index (Phi) is 5.50. The minimum absolute atomic E-state index is 0.0611. The molecule has 0 aliphatic carbocycles. The molecule has 5 nitrogen and oxygen atoms in total. The zero-order valence-corrected chi connectivity index (χ0v) is 15.7. The molecule has 0 bridgehead atoms. The van der Waals surface area contributed by atoms with Gasteiger partial charge in [0.1, 0.15) is 11.7 Å². The standard InChI is InChI=1S/C18H12Cl2F4N2O3/c19-9-3-6-11(12(20)7-9)14-13(15(27)8-1-4-10(21)5-2-8)17(29,18(22,23)24)26-16(28)25-14/h1-7,13-14,29H,(H2,25,26,28). The maximum Gasteiger partial charge on any atom is 0.437 e. The molecule has 2 amide bonds. The molecule has 0 saturated carbocycles. The van der Waals surface area contributed by atoms with Crippen LogP contribution in [0.2, 0.25) is 10.0 Å². The van der Waals surface area contributed by atoms with Crippen LogP contribution in [0.5, 0.6) is 0 Å². The molecular formula is C18H12Cl2F4N2O3. The Bertz CT molecular complexity index is 969. The van der Waals surface area contributed by atoms with Gasteiger partial charge in [0.15, 0.2) is 5.78 Å². The predicted octanol–water partition coefficient (Wildman–Crippen LogP) is 4.24. The van der Waals surface area contributed by atoms with Gasteiger partial charge in [-0.3, -0.25) is 4.79 Å². The van der Waals surface area contributed by atoms with E-state index >= 15 is 0 Å². The van der Waals surface area contributed by atoms with Crippen LogP contribution in [0.15, 0.2) is 42.5 Å². The molecule has 3 rings (SSSR count). The Morgan fingerprint density at radius 1 is 1.10 bits per heavy atom. The smallest absolute Gasteiger partial charge is 0.363 e. The number of benzene rings is 2. The summed E-state index contributed by atoms with van der Waals surface area (Å²) in [6.45, 7) is 0. The van der Waals surface area contributed by atoms with Crippen molar-refractivity contribution >= 4 is 35.0 Å². The normalized spacial score (nSPS) is 24.6. The van der Waals surface area contributed by atoms with Crippen molar-refractivity contribution in [2.75, 3.05) is 0 Å². The van der Waals surface area contributed by atoms with E-state index in [1.807, 2.05) is 0 Å². The molecular weight excluding hydrogens is 439 g/mol. The largest absolute Gasteiger partial charge is 0.437 e. The molecule has 1 heterocycles. The van der Waals surface area contributed by atoms with E-state index in [4.69, 9.17) is 23.2 Å². The maximum atomic E-state index is 13.8. The van der Waals surface area contributed by atoms with E-state index in [0.717, 1.165) is 24.3 Å². The second kappa shape index (κ2) is 7.47. The Labute approximate surface area is 171 Å². The van der Waals surface area contributed by atoms with E-state index in [2.05, 4.69) is 5.32 Å². The monoisotopic (exact) mass is 450 g/mol. The summed E-state index contributed by atoms with van der Waals surface area (Å²) in [6, 6.07) is 4.49. The average molecular weight is 451 g/mol. The number of alkyl halides is 3. The summed E-state index contributed by atoms with van der Waals surface area (Å²) in [5.41, 5.74) is -4.27. The van der Waals surface area contributed by atoms with Crippen molar-refractivity contribution < 1.29 is 32.3 Å². The first kappa shape index (κ1) is 21.4. The van der Waals surface area contributed by atoms with Gasteiger partial charge in [-0.15, -0.1) is 0 Å². The first-order chi connectivity index (χ1) is 13.4. The number of rotatable bonds is 3. The summed E-state index contributed by atoms with van der Waals surface area (Å²) >= 11 is 11.9. The lowest BCUT2D eigenvalue weighted by atomic mass is 9.77. The van der Waals surface area contributed by atoms with Crippen LogP contribution in [0.4, 0.5) is 22.4 Å². The van der Waals surface area contributed by atoms with Gasteiger partial charge in [0.05, 0.1) is 6.04 Å². The number of carbonyl (C=O) groups excluding carboxylic acids is 2. The van der Waals surface area contributed by atoms with E-state index in [1.54, 1.807) is 0 Å². The fourth-order valence-electron chi connectivity index (χ4n) is 3.15. The molecule has 0 spiro atoms. The third-order valence-electron chi connectivity index (χ3n) is 4.52. The third-order valence-corrected chi connectivity index (χ3v) is 5.08. The molecule has 1 aliphatic rings. The van der Waals surface area contributed by atoms with Crippen LogP contribution in [0.25, 0.3) is 0 Å². The van der Waals surface area contributed by atoms with Gasteiger partial charge in [-0.2, -0.15) is 13.2 Å². The molecule has 1 fully saturated rings. The molecule has 3 unspecified atom stereocenters. The maximum absolute atomic E-state index is 13.8. The van der Waals surface area contributed by atoms with Crippen LogP contribution in [-0.4, -0.2) is 28.8 Å².